The normalized spacial score (nSPS) is 19.3. The van der Waals surface area contributed by atoms with Crippen LogP contribution in [0, 0.1) is 0 Å². The van der Waals surface area contributed by atoms with E-state index in [0.717, 1.165) is 5.69 Å². The molecule has 1 fully saturated rings. The molecule has 35 heavy (non-hydrogen) atoms. The van der Waals surface area contributed by atoms with Gasteiger partial charge < -0.3 is 19.9 Å². The van der Waals surface area contributed by atoms with Crippen molar-refractivity contribution >= 4 is 34.8 Å². The summed E-state index contributed by atoms with van der Waals surface area (Å²) in [5.41, 5.74) is 1.90. The highest BCUT2D eigenvalue weighted by atomic mass is 35.5. The van der Waals surface area contributed by atoms with Gasteiger partial charge in [-0.05, 0) is 48.9 Å². The quantitative estimate of drug-likeness (QED) is 0.563. The van der Waals surface area contributed by atoms with Crippen molar-refractivity contribution in [3.05, 3.63) is 83.1 Å². The van der Waals surface area contributed by atoms with Gasteiger partial charge >= 0.3 is 0 Å². The van der Waals surface area contributed by atoms with Gasteiger partial charge in [0.1, 0.15) is 11.2 Å². The molecule has 0 saturated carbocycles. The number of para-hydroxylation sites is 1. The van der Waals surface area contributed by atoms with E-state index in [1.165, 1.54) is 0 Å². The van der Waals surface area contributed by atoms with Gasteiger partial charge in [-0.25, -0.2) is 0 Å². The van der Waals surface area contributed by atoms with Crippen LogP contribution < -0.4 is 15.0 Å². The van der Waals surface area contributed by atoms with Crippen LogP contribution in [0.3, 0.4) is 0 Å². The van der Waals surface area contributed by atoms with E-state index in [1.54, 1.807) is 30.6 Å². The lowest BCUT2D eigenvalue weighted by atomic mass is 9.72. The molecule has 8 heteroatoms. The van der Waals surface area contributed by atoms with Gasteiger partial charge in [-0.15, -0.1) is 0 Å². The van der Waals surface area contributed by atoms with Crippen molar-refractivity contribution in [3.8, 4) is 5.75 Å². The summed E-state index contributed by atoms with van der Waals surface area (Å²) in [6, 6.07) is 16.7. The molecule has 1 unspecified atom stereocenters. The second kappa shape index (κ2) is 9.58. The molecule has 3 aromatic rings. The molecular weight excluding hydrogens is 464 g/mol. The second-order valence-corrected chi connectivity index (χ2v) is 9.16. The number of pyridine rings is 1. The third kappa shape index (κ3) is 4.21. The predicted molar refractivity (Wildman–Crippen MR) is 136 cm³/mol. The van der Waals surface area contributed by atoms with Crippen molar-refractivity contribution < 1.29 is 14.3 Å². The molecule has 7 nitrogen and oxygen atoms in total. The minimum Gasteiger partial charge on any atom is -0.494 e. The lowest BCUT2D eigenvalue weighted by molar-refractivity contribution is -0.135. The Morgan fingerprint density at radius 2 is 1.80 bits per heavy atom. The molecule has 1 N–H and O–H groups in total. The molecule has 0 aliphatic carbocycles. The molecule has 0 spiro atoms. The Labute approximate surface area is 209 Å². The van der Waals surface area contributed by atoms with E-state index in [0.29, 0.717) is 60.4 Å². The zero-order valence-corrected chi connectivity index (χ0v) is 20.3. The number of anilines is 2. The van der Waals surface area contributed by atoms with Crippen LogP contribution in [-0.2, 0) is 15.0 Å². The molecule has 2 aromatic carbocycles. The van der Waals surface area contributed by atoms with Crippen molar-refractivity contribution in [2.45, 2.75) is 18.8 Å². The maximum absolute atomic E-state index is 13.7. The Morgan fingerprint density at radius 1 is 1.06 bits per heavy atom. The lowest BCUT2D eigenvalue weighted by Gasteiger charge is -2.38. The first-order valence-electron chi connectivity index (χ1n) is 11.8. The SMILES string of the molecule is CCOc1ccccc1C1(CC(=O)N2CCN(c3ccncc3)CC2)C(=O)Nc2ccc(Cl)cc21. The maximum atomic E-state index is 13.7. The zero-order valence-electron chi connectivity index (χ0n) is 19.5. The van der Waals surface area contributed by atoms with E-state index < -0.39 is 5.41 Å². The first kappa shape index (κ1) is 23.2. The number of piperazine rings is 1. The highest BCUT2D eigenvalue weighted by Gasteiger charge is 2.52. The molecule has 5 rings (SSSR count). The number of amides is 2. The highest BCUT2D eigenvalue weighted by Crippen LogP contribution is 2.49. The van der Waals surface area contributed by atoms with E-state index in [1.807, 2.05) is 48.2 Å². The van der Waals surface area contributed by atoms with Gasteiger partial charge in [-0.3, -0.25) is 14.6 Å². The summed E-state index contributed by atoms with van der Waals surface area (Å²) in [6.45, 7) is 4.93. The minimum absolute atomic E-state index is 0.00841. The number of nitrogens with zero attached hydrogens (tertiary/aromatic N) is 3. The van der Waals surface area contributed by atoms with Crippen molar-refractivity contribution in [2.75, 3.05) is 43.0 Å². The average molecular weight is 491 g/mol. The van der Waals surface area contributed by atoms with Gasteiger partial charge in [0.15, 0.2) is 0 Å². The Kier molecular flexibility index (Phi) is 6.34. The average Bonchev–Trinajstić information content (AvgIpc) is 3.16. The van der Waals surface area contributed by atoms with Crippen LogP contribution in [-0.4, -0.2) is 54.5 Å². The third-order valence-electron chi connectivity index (χ3n) is 6.80. The number of aromatic nitrogens is 1. The van der Waals surface area contributed by atoms with E-state index >= 15 is 0 Å². The summed E-state index contributed by atoms with van der Waals surface area (Å²) in [7, 11) is 0. The van der Waals surface area contributed by atoms with Gasteiger partial charge in [-0.1, -0.05) is 29.8 Å². The Bertz CT molecular complexity index is 1240. The van der Waals surface area contributed by atoms with Crippen molar-refractivity contribution in [3.63, 3.8) is 0 Å². The zero-order chi connectivity index (χ0) is 24.4. The summed E-state index contributed by atoms with van der Waals surface area (Å²) < 4.78 is 5.91. The van der Waals surface area contributed by atoms with Crippen LogP contribution in [0.4, 0.5) is 11.4 Å². The first-order valence-corrected chi connectivity index (χ1v) is 12.2. The Balaban J connectivity index is 1.48. The third-order valence-corrected chi connectivity index (χ3v) is 7.04. The van der Waals surface area contributed by atoms with E-state index in [2.05, 4.69) is 15.2 Å². The molecule has 0 radical (unpaired) electrons. The van der Waals surface area contributed by atoms with Crippen molar-refractivity contribution in [2.24, 2.45) is 0 Å². The molecular formula is C27H27ClN4O3. The summed E-state index contributed by atoms with van der Waals surface area (Å²) in [5.74, 6) is 0.271. The molecule has 1 atom stereocenters. The highest BCUT2D eigenvalue weighted by molar-refractivity contribution is 6.31. The lowest BCUT2D eigenvalue weighted by Crippen LogP contribution is -2.51. The summed E-state index contributed by atoms with van der Waals surface area (Å²) in [5, 5.41) is 3.49. The fourth-order valence-electron chi connectivity index (χ4n) is 5.08. The van der Waals surface area contributed by atoms with Gasteiger partial charge in [0.05, 0.1) is 6.61 Å². The number of rotatable bonds is 6. The van der Waals surface area contributed by atoms with Crippen LogP contribution in [0.25, 0.3) is 0 Å². The summed E-state index contributed by atoms with van der Waals surface area (Å²) >= 11 is 6.37. The standard InChI is InChI=1S/C27H27ClN4O3/c1-2-35-24-6-4-3-5-21(24)27(22-17-19(28)7-8-23(22)30-26(27)34)18-25(33)32-15-13-31(14-16-32)20-9-11-29-12-10-20/h3-12,17H,2,13-16,18H2,1H3,(H,30,34). The first-order chi connectivity index (χ1) is 17.0. The number of carbonyl (C=O) groups excluding carboxylic acids is 2. The number of nitrogens with one attached hydrogen (secondary N) is 1. The number of benzene rings is 2. The Morgan fingerprint density at radius 3 is 2.54 bits per heavy atom. The van der Waals surface area contributed by atoms with E-state index in [-0.39, 0.29) is 18.2 Å². The van der Waals surface area contributed by atoms with Crippen LogP contribution in [0.5, 0.6) is 5.75 Å². The summed E-state index contributed by atoms with van der Waals surface area (Å²) in [6.07, 6.45) is 3.53. The second-order valence-electron chi connectivity index (χ2n) is 8.73. The largest absolute Gasteiger partial charge is 0.494 e. The van der Waals surface area contributed by atoms with E-state index in [9.17, 15) is 9.59 Å². The molecule has 180 valence electrons. The van der Waals surface area contributed by atoms with Crippen LogP contribution in [0.2, 0.25) is 5.02 Å². The smallest absolute Gasteiger partial charge is 0.240 e. The number of carbonyl (C=O) groups is 2. The fraction of sp³-hybridized carbons (Fsp3) is 0.296. The molecule has 2 aliphatic rings. The van der Waals surface area contributed by atoms with Crippen molar-refractivity contribution in [1.29, 1.82) is 0 Å². The number of fused-ring (bicyclic) bond motifs is 1. The molecule has 3 heterocycles. The van der Waals surface area contributed by atoms with Gasteiger partial charge in [0, 0.05) is 67.0 Å². The molecule has 0 bridgehead atoms. The van der Waals surface area contributed by atoms with Gasteiger partial charge in [0.25, 0.3) is 0 Å². The topological polar surface area (TPSA) is 74.8 Å². The monoisotopic (exact) mass is 490 g/mol. The predicted octanol–water partition coefficient (Wildman–Crippen LogP) is 4.11. The van der Waals surface area contributed by atoms with E-state index in [4.69, 9.17) is 16.3 Å². The van der Waals surface area contributed by atoms with Gasteiger partial charge in [0.2, 0.25) is 11.8 Å². The molecule has 2 amide bonds. The number of hydrogen-bond acceptors (Lipinski definition) is 5. The van der Waals surface area contributed by atoms with Crippen LogP contribution >= 0.6 is 11.6 Å². The summed E-state index contributed by atoms with van der Waals surface area (Å²) in [4.78, 5) is 35.6. The Hall–Kier alpha value is -3.58. The number of hydrogen-bond donors (Lipinski definition) is 1. The maximum Gasteiger partial charge on any atom is 0.240 e. The van der Waals surface area contributed by atoms with Crippen LogP contribution in [0.15, 0.2) is 67.0 Å². The molecule has 2 aliphatic heterocycles. The van der Waals surface area contributed by atoms with Crippen LogP contribution in [0.1, 0.15) is 24.5 Å². The van der Waals surface area contributed by atoms with Gasteiger partial charge in [-0.2, -0.15) is 0 Å². The molecule has 1 saturated heterocycles. The minimum atomic E-state index is -1.23. The van der Waals surface area contributed by atoms with Crippen molar-refractivity contribution in [1.82, 2.24) is 9.88 Å². The number of ether oxygens (including phenoxy) is 1. The molecule has 1 aromatic heterocycles. The number of halogens is 1. The fourth-order valence-corrected chi connectivity index (χ4v) is 5.25.